The van der Waals surface area contributed by atoms with Gasteiger partial charge in [0.2, 0.25) is 5.91 Å². The van der Waals surface area contributed by atoms with Gasteiger partial charge in [-0.2, -0.15) is 0 Å². The lowest BCUT2D eigenvalue weighted by Gasteiger charge is -2.12. The molecule has 0 fully saturated rings. The maximum Gasteiger partial charge on any atom is 0.267 e. The number of pyridine rings is 1. The van der Waals surface area contributed by atoms with Crippen LogP contribution in [0.1, 0.15) is 37.2 Å². The van der Waals surface area contributed by atoms with Crippen molar-refractivity contribution < 1.29 is 9.59 Å². The van der Waals surface area contributed by atoms with Gasteiger partial charge in [0.1, 0.15) is 11.5 Å². The number of carbonyl (C=O) groups is 2. The fourth-order valence-corrected chi connectivity index (χ4v) is 1.49. The molecule has 1 unspecified atom stereocenters. The van der Waals surface area contributed by atoms with Crippen LogP contribution < -0.4 is 22.1 Å². The SMILES string of the molecule is CCC(C)NC(=O)CCNc1nc(C(N)=O)ccc1N. The topological polar surface area (TPSA) is 123 Å². The predicted molar refractivity (Wildman–Crippen MR) is 78.2 cm³/mol. The summed E-state index contributed by atoms with van der Waals surface area (Å²) in [6.45, 7) is 4.33. The Hall–Kier alpha value is -2.31. The van der Waals surface area contributed by atoms with E-state index in [0.29, 0.717) is 24.5 Å². The van der Waals surface area contributed by atoms with E-state index in [2.05, 4.69) is 15.6 Å². The molecule has 1 rings (SSSR count). The van der Waals surface area contributed by atoms with Crippen molar-refractivity contribution in [1.29, 1.82) is 0 Å². The number of nitrogens with zero attached hydrogens (tertiary/aromatic N) is 1. The van der Waals surface area contributed by atoms with Gasteiger partial charge < -0.3 is 22.1 Å². The van der Waals surface area contributed by atoms with Crippen LogP contribution in [0.15, 0.2) is 12.1 Å². The van der Waals surface area contributed by atoms with E-state index in [4.69, 9.17) is 11.5 Å². The summed E-state index contributed by atoms with van der Waals surface area (Å²) in [6, 6.07) is 3.16. The average Bonchev–Trinajstić information content (AvgIpc) is 2.40. The molecule has 0 aromatic carbocycles. The molecule has 110 valence electrons. The molecule has 7 nitrogen and oxygen atoms in total. The second-order valence-corrected chi connectivity index (χ2v) is 4.55. The van der Waals surface area contributed by atoms with Crippen LogP contribution in [0.25, 0.3) is 0 Å². The minimum atomic E-state index is -0.623. The standard InChI is InChI=1S/C13H21N5O2/c1-3-8(2)17-11(19)6-7-16-13-9(14)4-5-10(18-13)12(15)20/h4-5,8H,3,6-7,14H2,1-2H3,(H2,15,20)(H,16,18)(H,17,19). The number of hydrogen-bond acceptors (Lipinski definition) is 5. The molecule has 0 saturated heterocycles. The quantitative estimate of drug-likeness (QED) is 0.578. The van der Waals surface area contributed by atoms with Crippen LogP contribution in [0.5, 0.6) is 0 Å². The minimum absolute atomic E-state index is 0.0449. The van der Waals surface area contributed by atoms with Crippen molar-refractivity contribution in [2.75, 3.05) is 17.6 Å². The van der Waals surface area contributed by atoms with Gasteiger partial charge in [0.25, 0.3) is 5.91 Å². The number of hydrogen-bond donors (Lipinski definition) is 4. The molecule has 0 aliphatic rings. The summed E-state index contributed by atoms with van der Waals surface area (Å²) < 4.78 is 0. The normalized spacial score (nSPS) is 11.7. The van der Waals surface area contributed by atoms with Crippen molar-refractivity contribution in [1.82, 2.24) is 10.3 Å². The molecule has 7 heteroatoms. The third kappa shape index (κ3) is 4.75. The highest BCUT2D eigenvalue weighted by Gasteiger charge is 2.08. The molecule has 20 heavy (non-hydrogen) atoms. The van der Waals surface area contributed by atoms with Gasteiger partial charge >= 0.3 is 0 Å². The third-order valence-corrected chi connectivity index (χ3v) is 2.84. The first kappa shape index (κ1) is 15.7. The molecule has 1 heterocycles. The Labute approximate surface area is 118 Å². The molecule has 0 radical (unpaired) electrons. The lowest BCUT2D eigenvalue weighted by Crippen LogP contribution is -2.33. The summed E-state index contributed by atoms with van der Waals surface area (Å²) in [5.41, 5.74) is 11.4. The summed E-state index contributed by atoms with van der Waals surface area (Å²) in [7, 11) is 0. The van der Waals surface area contributed by atoms with Gasteiger partial charge in [-0.1, -0.05) is 6.92 Å². The highest BCUT2D eigenvalue weighted by Crippen LogP contribution is 2.15. The van der Waals surface area contributed by atoms with Gasteiger partial charge in [0.15, 0.2) is 0 Å². The number of amides is 2. The number of nitrogens with one attached hydrogen (secondary N) is 2. The number of anilines is 2. The number of carbonyl (C=O) groups excluding carboxylic acids is 2. The summed E-state index contributed by atoms with van der Waals surface area (Å²) in [6.07, 6.45) is 1.18. The van der Waals surface area contributed by atoms with Gasteiger partial charge in [0.05, 0.1) is 5.69 Å². The van der Waals surface area contributed by atoms with Crippen LogP contribution in [0.4, 0.5) is 11.5 Å². The second kappa shape index (κ2) is 7.32. The molecule has 1 aromatic heterocycles. The van der Waals surface area contributed by atoms with E-state index in [1.54, 1.807) is 6.07 Å². The number of primary amides is 1. The van der Waals surface area contributed by atoms with Crippen LogP contribution in [-0.4, -0.2) is 29.4 Å². The van der Waals surface area contributed by atoms with E-state index in [9.17, 15) is 9.59 Å². The Morgan fingerprint density at radius 1 is 1.40 bits per heavy atom. The maximum atomic E-state index is 11.6. The summed E-state index contributed by atoms with van der Waals surface area (Å²) in [5.74, 6) is -0.309. The van der Waals surface area contributed by atoms with Crippen molar-refractivity contribution in [2.24, 2.45) is 5.73 Å². The zero-order valence-electron chi connectivity index (χ0n) is 11.8. The molecule has 6 N–H and O–H groups in total. The Balaban J connectivity index is 2.51. The molecule has 0 aliphatic heterocycles. The van der Waals surface area contributed by atoms with E-state index in [1.807, 2.05) is 13.8 Å². The number of nitrogens with two attached hydrogens (primary N) is 2. The molecular weight excluding hydrogens is 258 g/mol. The van der Waals surface area contributed by atoms with Crippen molar-refractivity contribution in [3.63, 3.8) is 0 Å². The van der Waals surface area contributed by atoms with E-state index >= 15 is 0 Å². The molecule has 0 spiro atoms. The largest absolute Gasteiger partial charge is 0.396 e. The average molecular weight is 279 g/mol. The van der Waals surface area contributed by atoms with Crippen LogP contribution in [-0.2, 0) is 4.79 Å². The van der Waals surface area contributed by atoms with Crippen LogP contribution in [0.2, 0.25) is 0 Å². The van der Waals surface area contributed by atoms with Gasteiger partial charge in [-0.15, -0.1) is 0 Å². The Bertz CT molecular complexity index is 490. The number of nitrogen functional groups attached to an aromatic ring is 1. The van der Waals surface area contributed by atoms with Crippen molar-refractivity contribution in [3.05, 3.63) is 17.8 Å². The van der Waals surface area contributed by atoms with E-state index < -0.39 is 5.91 Å². The first-order valence-corrected chi connectivity index (χ1v) is 6.53. The van der Waals surface area contributed by atoms with Crippen molar-refractivity contribution in [3.8, 4) is 0 Å². The zero-order chi connectivity index (χ0) is 15.1. The highest BCUT2D eigenvalue weighted by atomic mass is 16.2. The highest BCUT2D eigenvalue weighted by molar-refractivity contribution is 5.91. The van der Waals surface area contributed by atoms with E-state index in [0.717, 1.165) is 6.42 Å². The number of rotatable bonds is 7. The minimum Gasteiger partial charge on any atom is -0.396 e. The van der Waals surface area contributed by atoms with Crippen LogP contribution in [0.3, 0.4) is 0 Å². The fraction of sp³-hybridized carbons (Fsp3) is 0.462. The Morgan fingerprint density at radius 2 is 2.10 bits per heavy atom. The predicted octanol–water partition coefficient (Wildman–Crippen LogP) is 0.479. The first-order chi connectivity index (χ1) is 9.43. The van der Waals surface area contributed by atoms with Crippen molar-refractivity contribution in [2.45, 2.75) is 32.7 Å². The van der Waals surface area contributed by atoms with Crippen LogP contribution in [0, 0.1) is 0 Å². The zero-order valence-corrected chi connectivity index (χ0v) is 11.8. The summed E-state index contributed by atoms with van der Waals surface area (Å²) in [5, 5.41) is 5.78. The van der Waals surface area contributed by atoms with Gasteiger partial charge in [0, 0.05) is 19.0 Å². The first-order valence-electron chi connectivity index (χ1n) is 6.53. The molecule has 0 saturated carbocycles. The smallest absolute Gasteiger partial charge is 0.267 e. The third-order valence-electron chi connectivity index (χ3n) is 2.84. The Morgan fingerprint density at radius 3 is 2.70 bits per heavy atom. The van der Waals surface area contributed by atoms with Gasteiger partial charge in [-0.3, -0.25) is 9.59 Å². The summed E-state index contributed by atoms with van der Waals surface area (Å²) in [4.78, 5) is 26.6. The van der Waals surface area contributed by atoms with E-state index in [-0.39, 0.29) is 17.6 Å². The molecule has 2 amide bonds. The molecular formula is C13H21N5O2. The summed E-state index contributed by atoms with van der Waals surface area (Å²) >= 11 is 0. The number of aromatic nitrogens is 1. The van der Waals surface area contributed by atoms with E-state index in [1.165, 1.54) is 6.07 Å². The van der Waals surface area contributed by atoms with Crippen LogP contribution >= 0.6 is 0 Å². The van der Waals surface area contributed by atoms with Gasteiger partial charge in [-0.05, 0) is 25.5 Å². The lowest BCUT2D eigenvalue weighted by atomic mass is 10.2. The molecule has 1 atom stereocenters. The second-order valence-electron chi connectivity index (χ2n) is 4.55. The fourth-order valence-electron chi connectivity index (χ4n) is 1.49. The van der Waals surface area contributed by atoms with Crippen molar-refractivity contribution >= 4 is 23.3 Å². The molecule has 0 bridgehead atoms. The lowest BCUT2D eigenvalue weighted by molar-refractivity contribution is -0.121. The van der Waals surface area contributed by atoms with Gasteiger partial charge in [-0.25, -0.2) is 4.98 Å². The molecule has 1 aromatic rings. The Kier molecular flexibility index (Phi) is 5.76. The molecule has 0 aliphatic carbocycles. The maximum absolute atomic E-state index is 11.6. The monoisotopic (exact) mass is 279 g/mol.